The molecule has 0 saturated carbocycles. The van der Waals surface area contributed by atoms with E-state index in [2.05, 4.69) is 32.2 Å². The summed E-state index contributed by atoms with van der Waals surface area (Å²) in [5, 5.41) is 3.25. The molecule has 0 radical (unpaired) electrons. The molecular weight excluding hydrogens is 201 g/mol. The zero-order chi connectivity index (χ0) is 11.7. The number of halogens is 1. The SMILES string of the molecule is CC(C)c1cc(F)cc2c1CNC=CC2C. The lowest BCUT2D eigenvalue weighted by atomic mass is 9.88. The van der Waals surface area contributed by atoms with Crippen molar-refractivity contribution in [3.63, 3.8) is 0 Å². The Morgan fingerprint density at radius 3 is 2.81 bits per heavy atom. The lowest BCUT2D eigenvalue weighted by Crippen LogP contribution is -2.09. The molecule has 1 aromatic rings. The molecule has 1 unspecified atom stereocenters. The smallest absolute Gasteiger partial charge is 0.123 e. The fraction of sp³-hybridized carbons (Fsp3) is 0.429. The second kappa shape index (κ2) is 4.28. The minimum atomic E-state index is -0.121. The van der Waals surface area contributed by atoms with Crippen molar-refractivity contribution in [1.82, 2.24) is 5.32 Å². The summed E-state index contributed by atoms with van der Waals surface area (Å²) < 4.78 is 13.6. The van der Waals surface area contributed by atoms with Gasteiger partial charge in [0.2, 0.25) is 0 Å². The van der Waals surface area contributed by atoms with E-state index in [9.17, 15) is 4.39 Å². The molecule has 1 atom stereocenters. The van der Waals surface area contributed by atoms with Gasteiger partial charge in [0.05, 0.1) is 0 Å². The summed E-state index contributed by atoms with van der Waals surface area (Å²) in [6.45, 7) is 7.12. The number of hydrogen-bond donors (Lipinski definition) is 1. The van der Waals surface area contributed by atoms with Gasteiger partial charge in [0.25, 0.3) is 0 Å². The predicted octanol–water partition coefficient (Wildman–Crippen LogP) is 3.67. The first-order chi connectivity index (χ1) is 7.59. The molecule has 1 aliphatic heterocycles. The van der Waals surface area contributed by atoms with E-state index in [1.807, 2.05) is 6.20 Å². The average molecular weight is 219 g/mol. The first-order valence-electron chi connectivity index (χ1n) is 5.82. The lowest BCUT2D eigenvalue weighted by Gasteiger charge is -2.18. The van der Waals surface area contributed by atoms with Gasteiger partial charge in [-0.2, -0.15) is 0 Å². The van der Waals surface area contributed by atoms with Crippen LogP contribution in [0.2, 0.25) is 0 Å². The van der Waals surface area contributed by atoms with Crippen LogP contribution in [0.5, 0.6) is 0 Å². The van der Waals surface area contributed by atoms with Crippen LogP contribution < -0.4 is 5.32 Å². The largest absolute Gasteiger partial charge is 0.387 e. The molecule has 1 N–H and O–H groups in total. The second-order valence-electron chi connectivity index (χ2n) is 4.75. The van der Waals surface area contributed by atoms with E-state index in [1.165, 1.54) is 5.56 Å². The van der Waals surface area contributed by atoms with Gasteiger partial charge in [-0.25, -0.2) is 4.39 Å². The highest BCUT2D eigenvalue weighted by molar-refractivity contribution is 5.42. The number of benzene rings is 1. The second-order valence-corrected chi connectivity index (χ2v) is 4.75. The molecule has 1 nitrogen and oxygen atoms in total. The first kappa shape index (κ1) is 11.2. The molecule has 1 aromatic carbocycles. The van der Waals surface area contributed by atoms with Crippen molar-refractivity contribution in [1.29, 1.82) is 0 Å². The average Bonchev–Trinajstić information content (AvgIpc) is 2.40. The summed E-state index contributed by atoms with van der Waals surface area (Å²) in [4.78, 5) is 0. The Morgan fingerprint density at radius 2 is 2.12 bits per heavy atom. The molecule has 1 heterocycles. The predicted molar refractivity (Wildman–Crippen MR) is 64.9 cm³/mol. The topological polar surface area (TPSA) is 12.0 Å². The molecular formula is C14H18FN. The normalized spacial score (nSPS) is 19.2. The monoisotopic (exact) mass is 219 g/mol. The van der Waals surface area contributed by atoms with Gasteiger partial charge < -0.3 is 5.32 Å². The van der Waals surface area contributed by atoms with Gasteiger partial charge in [-0.3, -0.25) is 0 Å². The third kappa shape index (κ3) is 1.97. The molecule has 86 valence electrons. The van der Waals surface area contributed by atoms with E-state index in [0.717, 1.165) is 17.7 Å². The van der Waals surface area contributed by atoms with Crippen molar-refractivity contribution in [3.8, 4) is 0 Å². The molecule has 0 saturated heterocycles. The molecule has 0 aliphatic carbocycles. The lowest BCUT2D eigenvalue weighted by molar-refractivity contribution is 0.616. The van der Waals surface area contributed by atoms with Crippen LogP contribution in [0.15, 0.2) is 24.4 Å². The Hall–Kier alpha value is -1.31. The molecule has 16 heavy (non-hydrogen) atoms. The molecule has 1 aliphatic rings. The van der Waals surface area contributed by atoms with Gasteiger partial charge in [0.15, 0.2) is 0 Å². The Balaban J connectivity index is 2.59. The Bertz CT molecular complexity index is 421. The highest BCUT2D eigenvalue weighted by Gasteiger charge is 2.17. The summed E-state index contributed by atoms with van der Waals surface area (Å²) in [6.07, 6.45) is 4.04. The third-order valence-electron chi connectivity index (χ3n) is 3.18. The number of rotatable bonds is 1. The van der Waals surface area contributed by atoms with Crippen LogP contribution in [0.1, 0.15) is 49.3 Å². The van der Waals surface area contributed by atoms with Crippen molar-refractivity contribution in [2.75, 3.05) is 0 Å². The van der Waals surface area contributed by atoms with Crippen LogP contribution in [0.25, 0.3) is 0 Å². The molecule has 0 spiro atoms. The van der Waals surface area contributed by atoms with Crippen LogP contribution in [-0.2, 0) is 6.54 Å². The fourth-order valence-corrected chi connectivity index (χ4v) is 2.28. The van der Waals surface area contributed by atoms with Gasteiger partial charge >= 0.3 is 0 Å². The molecule has 2 heteroatoms. The number of fused-ring (bicyclic) bond motifs is 1. The van der Waals surface area contributed by atoms with E-state index >= 15 is 0 Å². The summed E-state index contributed by atoms with van der Waals surface area (Å²) >= 11 is 0. The van der Waals surface area contributed by atoms with Gasteiger partial charge in [0, 0.05) is 12.5 Å². The first-order valence-corrected chi connectivity index (χ1v) is 5.82. The van der Waals surface area contributed by atoms with Crippen molar-refractivity contribution >= 4 is 0 Å². The fourth-order valence-electron chi connectivity index (χ4n) is 2.28. The molecule has 0 aromatic heterocycles. The van der Waals surface area contributed by atoms with Crippen molar-refractivity contribution in [2.24, 2.45) is 0 Å². The summed E-state index contributed by atoms with van der Waals surface area (Å²) in [7, 11) is 0. The highest BCUT2D eigenvalue weighted by atomic mass is 19.1. The van der Waals surface area contributed by atoms with Crippen LogP contribution >= 0.6 is 0 Å². The Labute approximate surface area is 96.4 Å². The molecule has 0 bridgehead atoms. The van der Waals surface area contributed by atoms with Crippen molar-refractivity contribution in [2.45, 2.75) is 39.2 Å². The van der Waals surface area contributed by atoms with Gasteiger partial charge in [-0.1, -0.05) is 26.8 Å². The Kier molecular flexibility index (Phi) is 2.99. The van der Waals surface area contributed by atoms with Gasteiger partial charge in [-0.15, -0.1) is 0 Å². The van der Waals surface area contributed by atoms with Crippen molar-refractivity contribution < 1.29 is 4.39 Å². The van der Waals surface area contributed by atoms with E-state index in [0.29, 0.717) is 5.92 Å². The van der Waals surface area contributed by atoms with Crippen LogP contribution in [0, 0.1) is 5.82 Å². The van der Waals surface area contributed by atoms with Crippen LogP contribution in [-0.4, -0.2) is 0 Å². The summed E-state index contributed by atoms with van der Waals surface area (Å²) in [5.74, 6) is 0.513. The van der Waals surface area contributed by atoms with E-state index in [-0.39, 0.29) is 11.7 Å². The van der Waals surface area contributed by atoms with Crippen LogP contribution in [0.3, 0.4) is 0 Å². The zero-order valence-electron chi connectivity index (χ0n) is 10.0. The highest BCUT2D eigenvalue weighted by Crippen LogP contribution is 2.30. The van der Waals surface area contributed by atoms with E-state index in [1.54, 1.807) is 12.1 Å². The maximum absolute atomic E-state index is 13.6. The number of allylic oxidation sites excluding steroid dienone is 1. The summed E-state index contributed by atoms with van der Waals surface area (Å²) in [5.41, 5.74) is 3.50. The molecule has 2 rings (SSSR count). The van der Waals surface area contributed by atoms with E-state index < -0.39 is 0 Å². The maximum Gasteiger partial charge on any atom is 0.123 e. The summed E-state index contributed by atoms with van der Waals surface area (Å²) in [6, 6.07) is 3.34. The minimum absolute atomic E-state index is 0.121. The number of hydrogen-bond acceptors (Lipinski definition) is 1. The van der Waals surface area contributed by atoms with Gasteiger partial charge in [0.1, 0.15) is 5.82 Å². The molecule has 0 amide bonds. The standard InChI is InChI=1S/C14H18FN/c1-9(2)12-6-11(15)7-13-10(3)4-5-16-8-14(12)13/h4-7,9-10,16H,8H2,1-3H3. The van der Waals surface area contributed by atoms with Gasteiger partial charge in [-0.05, 0) is 40.9 Å². The van der Waals surface area contributed by atoms with Crippen molar-refractivity contribution in [3.05, 3.63) is 46.9 Å². The quantitative estimate of drug-likeness (QED) is 0.760. The minimum Gasteiger partial charge on any atom is -0.387 e. The van der Waals surface area contributed by atoms with Crippen LogP contribution in [0.4, 0.5) is 4.39 Å². The zero-order valence-corrected chi connectivity index (χ0v) is 10.0. The maximum atomic E-state index is 13.6. The Morgan fingerprint density at radius 1 is 1.38 bits per heavy atom. The molecule has 0 fully saturated rings. The number of nitrogens with one attached hydrogen (secondary N) is 1. The third-order valence-corrected chi connectivity index (χ3v) is 3.18. The van der Waals surface area contributed by atoms with E-state index in [4.69, 9.17) is 0 Å².